The Bertz CT molecular complexity index is 636. The van der Waals surface area contributed by atoms with Crippen LogP contribution in [-0.4, -0.2) is 26.0 Å². The monoisotopic (exact) mass is 298 g/mol. The fraction of sp³-hybridized carbons (Fsp3) is 0.462. The molecule has 0 unspecified atom stereocenters. The minimum Gasteiger partial charge on any atom is -0.478 e. The first kappa shape index (κ1) is 14.8. The van der Waals surface area contributed by atoms with Gasteiger partial charge >= 0.3 is 5.97 Å². The molecule has 0 heterocycles. The molecule has 0 saturated heterocycles. The Kier molecular flexibility index (Phi) is 3.75. The standard InChI is InChI=1S/C13H18N2O4S/c1-2-13(5-6-13)8-15-11-4-3-9(20(14,18)19)7-10(11)12(16)17/h3-4,7,15H,2,5-6,8H2,1H3,(H,16,17)(H2,14,18,19). The molecule has 0 atom stereocenters. The van der Waals surface area contributed by atoms with E-state index in [1.165, 1.54) is 12.1 Å². The van der Waals surface area contributed by atoms with Crippen molar-refractivity contribution in [3.8, 4) is 0 Å². The van der Waals surface area contributed by atoms with Crippen LogP contribution in [0.4, 0.5) is 5.69 Å². The zero-order chi connectivity index (χ0) is 15.0. The average Bonchev–Trinajstić information content (AvgIpc) is 3.15. The van der Waals surface area contributed by atoms with Gasteiger partial charge < -0.3 is 10.4 Å². The number of carboxylic acid groups (broad SMARTS) is 1. The van der Waals surface area contributed by atoms with E-state index in [0.29, 0.717) is 12.2 Å². The highest BCUT2D eigenvalue weighted by Gasteiger charge is 2.40. The molecule has 0 spiro atoms. The lowest BCUT2D eigenvalue weighted by Gasteiger charge is -2.16. The first-order valence-electron chi connectivity index (χ1n) is 6.41. The molecule has 0 bridgehead atoms. The highest BCUT2D eigenvalue weighted by atomic mass is 32.2. The number of hydrogen-bond donors (Lipinski definition) is 3. The number of carbonyl (C=O) groups is 1. The van der Waals surface area contributed by atoms with E-state index in [2.05, 4.69) is 12.2 Å². The lowest BCUT2D eigenvalue weighted by atomic mass is 10.0. The number of anilines is 1. The SMILES string of the molecule is CCC1(CNc2ccc(S(N)(=O)=O)cc2C(=O)O)CC1. The van der Waals surface area contributed by atoms with E-state index in [1.807, 2.05) is 0 Å². The Labute approximate surface area is 118 Å². The van der Waals surface area contributed by atoms with Gasteiger partial charge in [-0.05, 0) is 42.9 Å². The van der Waals surface area contributed by atoms with E-state index >= 15 is 0 Å². The second-order valence-corrected chi connectivity index (χ2v) is 6.83. The van der Waals surface area contributed by atoms with Crippen LogP contribution in [0.2, 0.25) is 0 Å². The molecular formula is C13H18N2O4S. The molecule has 1 aromatic rings. The molecule has 4 N–H and O–H groups in total. The van der Waals surface area contributed by atoms with Crippen LogP contribution >= 0.6 is 0 Å². The van der Waals surface area contributed by atoms with Gasteiger partial charge in [0.25, 0.3) is 0 Å². The van der Waals surface area contributed by atoms with Gasteiger partial charge in [0.15, 0.2) is 0 Å². The van der Waals surface area contributed by atoms with Crippen molar-refractivity contribution in [2.75, 3.05) is 11.9 Å². The number of sulfonamides is 1. The maximum absolute atomic E-state index is 11.3. The molecule has 1 aliphatic carbocycles. The summed E-state index contributed by atoms with van der Waals surface area (Å²) in [6.45, 7) is 2.80. The summed E-state index contributed by atoms with van der Waals surface area (Å²) in [5.41, 5.74) is 0.599. The number of benzene rings is 1. The molecule has 2 rings (SSSR count). The quantitative estimate of drug-likeness (QED) is 0.739. The Morgan fingerprint density at radius 2 is 2.10 bits per heavy atom. The van der Waals surface area contributed by atoms with Crippen molar-refractivity contribution in [2.24, 2.45) is 10.6 Å². The van der Waals surface area contributed by atoms with Gasteiger partial charge in [0, 0.05) is 12.2 Å². The molecule has 1 aromatic carbocycles. The van der Waals surface area contributed by atoms with Crippen molar-refractivity contribution in [3.63, 3.8) is 0 Å². The van der Waals surface area contributed by atoms with Crippen molar-refractivity contribution in [1.29, 1.82) is 0 Å². The van der Waals surface area contributed by atoms with E-state index in [9.17, 15) is 18.3 Å². The second-order valence-electron chi connectivity index (χ2n) is 5.26. The molecular weight excluding hydrogens is 280 g/mol. The molecule has 7 heteroatoms. The van der Waals surface area contributed by atoms with Crippen molar-refractivity contribution in [3.05, 3.63) is 23.8 Å². The molecule has 1 fully saturated rings. The summed E-state index contributed by atoms with van der Waals surface area (Å²) >= 11 is 0. The zero-order valence-electron chi connectivity index (χ0n) is 11.2. The normalized spacial score (nSPS) is 16.7. The third-order valence-corrected chi connectivity index (χ3v) is 4.82. The summed E-state index contributed by atoms with van der Waals surface area (Å²) in [4.78, 5) is 11.0. The fourth-order valence-corrected chi connectivity index (χ4v) is 2.69. The third kappa shape index (κ3) is 3.10. The number of carboxylic acids is 1. The summed E-state index contributed by atoms with van der Waals surface area (Å²) in [5, 5.41) is 17.3. The number of nitrogens with two attached hydrogens (primary N) is 1. The van der Waals surface area contributed by atoms with Gasteiger partial charge in [0.1, 0.15) is 0 Å². The molecule has 1 saturated carbocycles. The minimum absolute atomic E-state index is 0.0802. The average molecular weight is 298 g/mol. The van der Waals surface area contributed by atoms with Gasteiger partial charge in [0.05, 0.1) is 10.5 Å². The third-order valence-electron chi connectivity index (χ3n) is 3.91. The first-order chi connectivity index (χ1) is 9.27. The lowest BCUT2D eigenvalue weighted by Crippen LogP contribution is -2.18. The van der Waals surface area contributed by atoms with Gasteiger partial charge in [-0.25, -0.2) is 18.4 Å². The van der Waals surface area contributed by atoms with Crippen LogP contribution < -0.4 is 10.5 Å². The van der Waals surface area contributed by atoms with Gasteiger partial charge in [-0.3, -0.25) is 0 Å². The summed E-state index contributed by atoms with van der Waals surface area (Å²) in [7, 11) is -3.90. The van der Waals surface area contributed by atoms with Gasteiger partial charge in [0.2, 0.25) is 10.0 Å². The van der Waals surface area contributed by atoms with E-state index in [-0.39, 0.29) is 15.9 Å². The minimum atomic E-state index is -3.90. The second kappa shape index (κ2) is 5.06. The summed E-state index contributed by atoms with van der Waals surface area (Å²) < 4.78 is 22.5. The van der Waals surface area contributed by atoms with Crippen molar-refractivity contribution >= 4 is 21.7 Å². The van der Waals surface area contributed by atoms with Crippen molar-refractivity contribution in [2.45, 2.75) is 31.1 Å². The maximum atomic E-state index is 11.3. The van der Waals surface area contributed by atoms with Crippen LogP contribution in [0.15, 0.2) is 23.1 Å². The van der Waals surface area contributed by atoms with Gasteiger partial charge in [-0.1, -0.05) is 6.92 Å². The largest absolute Gasteiger partial charge is 0.478 e. The van der Waals surface area contributed by atoms with E-state index < -0.39 is 16.0 Å². The molecule has 0 radical (unpaired) electrons. The molecule has 1 aliphatic rings. The maximum Gasteiger partial charge on any atom is 0.337 e. The summed E-state index contributed by atoms with van der Waals surface area (Å²) in [5.74, 6) is -1.18. The molecule has 0 aliphatic heterocycles. The van der Waals surface area contributed by atoms with Crippen LogP contribution in [0.1, 0.15) is 36.5 Å². The molecule has 0 amide bonds. The number of nitrogens with one attached hydrogen (secondary N) is 1. The fourth-order valence-electron chi connectivity index (χ4n) is 2.15. The van der Waals surface area contributed by atoms with Crippen molar-refractivity contribution in [1.82, 2.24) is 0 Å². The molecule has 0 aromatic heterocycles. The van der Waals surface area contributed by atoms with Crippen LogP contribution in [-0.2, 0) is 10.0 Å². The number of hydrogen-bond acceptors (Lipinski definition) is 4. The van der Waals surface area contributed by atoms with Crippen molar-refractivity contribution < 1.29 is 18.3 Å². The van der Waals surface area contributed by atoms with E-state index in [0.717, 1.165) is 25.3 Å². The Balaban J connectivity index is 2.26. The van der Waals surface area contributed by atoms with Gasteiger partial charge in [-0.2, -0.15) is 0 Å². The highest BCUT2D eigenvalue weighted by Crippen LogP contribution is 2.48. The number of aromatic carboxylic acids is 1. The van der Waals surface area contributed by atoms with Crippen LogP contribution in [0.5, 0.6) is 0 Å². The lowest BCUT2D eigenvalue weighted by molar-refractivity contribution is 0.0697. The predicted octanol–water partition coefficient (Wildman–Crippen LogP) is 1.63. The predicted molar refractivity (Wildman–Crippen MR) is 75.2 cm³/mol. The first-order valence-corrected chi connectivity index (χ1v) is 7.96. The Morgan fingerprint density at radius 3 is 2.55 bits per heavy atom. The molecule has 6 nitrogen and oxygen atoms in total. The summed E-state index contributed by atoms with van der Waals surface area (Å²) in [6.07, 6.45) is 3.31. The van der Waals surface area contributed by atoms with E-state index in [1.54, 1.807) is 0 Å². The zero-order valence-corrected chi connectivity index (χ0v) is 12.0. The topological polar surface area (TPSA) is 109 Å². The van der Waals surface area contributed by atoms with E-state index in [4.69, 9.17) is 5.14 Å². The van der Waals surface area contributed by atoms with Crippen LogP contribution in [0, 0.1) is 5.41 Å². The Hall–Kier alpha value is -1.60. The van der Waals surface area contributed by atoms with Crippen LogP contribution in [0.3, 0.4) is 0 Å². The molecule has 110 valence electrons. The van der Waals surface area contributed by atoms with Crippen LogP contribution in [0.25, 0.3) is 0 Å². The number of rotatable bonds is 6. The highest BCUT2D eigenvalue weighted by molar-refractivity contribution is 7.89. The number of primary sulfonamides is 1. The molecule has 20 heavy (non-hydrogen) atoms. The van der Waals surface area contributed by atoms with Gasteiger partial charge in [-0.15, -0.1) is 0 Å². The summed E-state index contributed by atoms with van der Waals surface area (Å²) in [6, 6.07) is 3.86. The smallest absolute Gasteiger partial charge is 0.337 e. The Morgan fingerprint density at radius 1 is 1.45 bits per heavy atom.